The van der Waals surface area contributed by atoms with Gasteiger partial charge < -0.3 is 0 Å². The molecule has 0 aromatic carbocycles. The van der Waals surface area contributed by atoms with Gasteiger partial charge in [-0.25, -0.2) is 4.39 Å². The SMILES string of the molecule is C=C/C(F)=C\C=C(/C)C(=C)C. The van der Waals surface area contributed by atoms with Gasteiger partial charge in [0.15, 0.2) is 0 Å². The zero-order chi connectivity index (χ0) is 8.85. The average Bonchev–Trinajstić information content (AvgIpc) is 1.99. The highest BCUT2D eigenvalue weighted by molar-refractivity contribution is 5.29. The van der Waals surface area contributed by atoms with E-state index in [0.29, 0.717) is 0 Å². The van der Waals surface area contributed by atoms with Crippen LogP contribution in [-0.4, -0.2) is 0 Å². The molecule has 0 aliphatic carbocycles. The number of halogens is 1. The summed E-state index contributed by atoms with van der Waals surface area (Å²) < 4.78 is 12.4. The molecule has 0 spiro atoms. The largest absolute Gasteiger partial charge is 0.207 e. The smallest absolute Gasteiger partial charge is 0.122 e. The molecule has 0 amide bonds. The fourth-order valence-corrected chi connectivity index (χ4v) is 0.415. The highest BCUT2D eigenvalue weighted by Crippen LogP contribution is 2.06. The Morgan fingerprint density at radius 3 is 2.18 bits per heavy atom. The molecule has 0 saturated heterocycles. The summed E-state index contributed by atoms with van der Waals surface area (Å²) in [5.74, 6) is -0.328. The van der Waals surface area contributed by atoms with Gasteiger partial charge in [-0.15, -0.1) is 0 Å². The Morgan fingerprint density at radius 2 is 1.82 bits per heavy atom. The second-order valence-electron chi connectivity index (χ2n) is 2.39. The van der Waals surface area contributed by atoms with Gasteiger partial charge in [0.05, 0.1) is 0 Å². The highest BCUT2D eigenvalue weighted by Gasteiger charge is 1.86. The minimum atomic E-state index is -0.328. The van der Waals surface area contributed by atoms with Gasteiger partial charge in [-0.1, -0.05) is 24.8 Å². The van der Waals surface area contributed by atoms with Gasteiger partial charge in [-0.2, -0.15) is 0 Å². The molecule has 0 bridgehead atoms. The lowest BCUT2D eigenvalue weighted by molar-refractivity contribution is 0.667. The lowest BCUT2D eigenvalue weighted by atomic mass is 10.1. The standard InChI is InChI=1S/C10H13F/c1-5-10(11)7-6-9(4)8(2)3/h5-7H,1-2H2,3-4H3/b9-6+,10-7+. The number of hydrogen-bond donors (Lipinski definition) is 0. The molecule has 0 aliphatic heterocycles. The molecule has 0 aliphatic rings. The van der Waals surface area contributed by atoms with Crippen molar-refractivity contribution in [3.63, 3.8) is 0 Å². The molecule has 0 N–H and O–H groups in total. The molecule has 0 radical (unpaired) electrons. The summed E-state index contributed by atoms with van der Waals surface area (Å²) in [6, 6.07) is 0. The van der Waals surface area contributed by atoms with Crippen molar-refractivity contribution in [2.24, 2.45) is 0 Å². The molecule has 0 rings (SSSR count). The van der Waals surface area contributed by atoms with Crippen LogP contribution in [0.1, 0.15) is 13.8 Å². The van der Waals surface area contributed by atoms with E-state index in [1.807, 2.05) is 13.8 Å². The van der Waals surface area contributed by atoms with Crippen LogP contribution in [0.2, 0.25) is 0 Å². The highest BCUT2D eigenvalue weighted by atomic mass is 19.1. The van der Waals surface area contributed by atoms with E-state index in [1.54, 1.807) is 6.08 Å². The average molecular weight is 152 g/mol. The van der Waals surface area contributed by atoms with E-state index in [1.165, 1.54) is 12.2 Å². The summed E-state index contributed by atoms with van der Waals surface area (Å²) in [6.45, 7) is 10.8. The van der Waals surface area contributed by atoms with Gasteiger partial charge in [-0.05, 0) is 31.6 Å². The van der Waals surface area contributed by atoms with Crippen molar-refractivity contribution in [2.75, 3.05) is 0 Å². The Balaban J connectivity index is 4.34. The molecule has 0 aromatic heterocycles. The maximum atomic E-state index is 12.4. The topological polar surface area (TPSA) is 0 Å². The maximum Gasteiger partial charge on any atom is 0.122 e. The summed E-state index contributed by atoms with van der Waals surface area (Å²) >= 11 is 0. The van der Waals surface area contributed by atoms with Crippen LogP contribution in [0.3, 0.4) is 0 Å². The van der Waals surface area contributed by atoms with Crippen LogP contribution in [-0.2, 0) is 0 Å². The van der Waals surface area contributed by atoms with E-state index in [-0.39, 0.29) is 5.83 Å². The monoisotopic (exact) mass is 152 g/mol. The molecule has 11 heavy (non-hydrogen) atoms. The first-order valence-electron chi connectivity index (χ1n) is 3.40. The fraction of sp³-hybridized carbons (Fsp3) is 0.200. The van der Waals surface area contributed by atoms with Crippen molar-refractivity contribution < 1.29 is 4.39 Å². The van der Waals surface area contributed by atoms with E-state index >= 15 is 0 Å². The summed E-state index contributed by atoms with van der Waals surface area (Å²) in [6.07, 6.45) is 4.22. The molecule has 0 nitrogen and oxygen atoms in total. The molecule has 0 aromatic rings. The normalized spacial score (nSPS) is 13.0. The second-order valence-corrected chi connectivity index (χ2v) is 2.39. The first kappa shape index (κ1) is 9.89. The molecule has 60 valence electrons. The Bertz CT molecular complexity index is 219. The van der Waals surface area contributed by atoms with Crippen molar-refractivity contribution >= 4 is 0 Å². The van der Waals surface area contributed by atoms with E-state index < -0.39 is 0 Å². The van der Waals surface area contributed by atoms with Crippen molar-refractivity contribution in [3.05, 3.63) is 48.4 Å². The maximum absolute atomic E-state index is 12.4. The van der Waals surface area contributed by atoms with Crippen LogP contribution in [0.15, 0.2) is 48.4 Å². The zero-order valence-corrected chi connectivity index (χ0v) is 7.02. The lowest BCUT2D eigenvalue weighted by Gasteiger charge is -1.94. The van der Waals surface area contributed by atoms with Crippen LogP contribution in [0, 0.1) is 0 Å². The molecular formula is C10H13F. The van der Waals surface area contributed by atoms with Crippen LogP contribution < -0.4 is 0 Å². The molecule has 0 unspecified atom stereocenters. The van der Waals surface area contributed by atoms with Crippen molar-refractivity contribution in [1.29, 1.82) is 0 Å². The Kier molecular flexibility index (Phi) is 4.20. The molecule has 1 heteroatoms. The Labute approximate surface area is 67.4 Å². The third-order valence-electron chi connectivity index (χ3n) is 1.36. The number of rotatable bonds is 3. The van der Waals surface area contributed by atoms with E-state index in [9.17, 15) is 4.39 Å². The fourth-order valence-electron chi connectivity index (χ4n) is 0.415. The third-order valence-corrected chi connectivity index (χ3v) is 1.36. The first-order valence-corrected chi connectivity index (χ1v) is 3.40. The number of hydrogen-bond acceptors (Lipinski definition) is 0. The van der Waals surface area contributed by atoms with Gasteiger partial charge >= 0.3 is 0 Å². The first-order chi connectivity index (χ1) is 5.07. The minimum absolute atomic E-state index is 0.328. The van der Waals surface area contributed by atoms with E-state index in [4.69, 9.17) is 0 Å². The predicted octanol–water partition coefficient (Wildman–Crippen LogP) is 3.55. The van der Waals surface area contributed by atoms with Gasteiger partial charge in [-0.3, -0.25) is 0 Å². The summed E-state index contributed by atoms with van der Waals surface area (Å²) in [5.41, 5.74) is 1.92. The van der Waals surface area contributed by atoms with Gasteiger partial charge in [0.1, 0.15) is 5.83 Å². The van der Waals surface area contributed by atoms with Crippen molar-refractivity contribution in [2.45, 2.75) is 13.8 Å². The third kappa shape index (κ3) is 4.31. The van der Waals surface area contributed by atoms with Gasteiger partial charge in [0.2, 0.25) is 0 Å². The summed E-state index contributed by atoms with van der Waals surface area (Å²) in [7, 11) is 0. The van der Waals surface area contributed by atoms with E-state index in [0.717, 1.165) is 11.1 Å². The summed E-state index contributed by atoms with van der Waals surface area (Å²) in [4.78, 5) is 0. The zero-order valence-electron chi connectivity index (χ0n) is 7.02. The minimum Gasteiger partial charge on any atom is -0.207 e. The molecule has 0 heterocycles. The number of allylic oxidation sites excluding steroid dienone is 6. The molecule has 0 saturated carbocycles. The van der Waals surface area contributed by atoms with Crippen molar-refractivity contribution in [3.8, 4) is 0 Å². The van der Waals surface area contributed by atoms with Crippen molar-refractivity contribution in [1.82, 2.24) is 0 Å². The van der Waals surface area contributed by atoms with Crippen LogP contribution in [0.25, 0.3) is 0 Å². The van der Waals surface area contributed by atoms with Crippen LogP contribution >= 0.6 is 0 Å². The Morgan fingerprint density at radius 1 is 1.27 bits per heavy atom. The van der Waals surface area contributed by atoms with E-state index in [2.05, 4.69) is 13.2 Å². The molecular weight excluding hydrogens is 139 g/mol. The Hall–Kier alpha value is -1.11. The molecule has 0 fully saturated rings. The van der Waals surface area contributed by atoms with Crippen LogP contribution in [0.5, 0.6) is 0 Å². The second kappa shape index (κ2) is 4.67. The summed E-state index contributed by atoms with van der Waals surface area (Å²) in [5, 5.41) is 0. The van der Waals surface area contributed by atoms with Gasteiger partial charge in [0, 0.05) is 0 Å². The molecule has 0 atom stereocenters. The lowest BCUT2D eigenvalue weighted by Crippen LogP contribution is -1.74. The van der Waals surface area contributed by atoms with Gasteiger partial charge in [0.25, 0.3) is 0 Å². The van der Waals surface area contributed by atoms with Crippen LogP contribution in [0.4, 0.5) is 4.39 Å². The quantitative estimate of drug-likeness (QED) is 0.542. The predicted molar refractivity (Wildman–Crippen MR) is 48.0 cm³/mol.